The average Bonchev–Trinajstić information content (AvgIpc) is 2.52. The second-order valence-corrected chi connectivity index (χ2v) is 7.55. The fourth-order valence-electron chi connectivity index (χ4n) is 3.03. The molecule has 3 aromatic rings. The first-order valence-electron chi connectivity index (χ1n) is 6.74. The molecular formula is C17H8BrNaO4S. The van der Waals surface area contributed by atoms with Crippen LogP contribution in [0.25, 0.3) is 21.9 Å². The summed E-state index contributed by atoms with van der Waals surface area (Å²) >= 11 is 3.48. The zero-order valence-electron chi connectivity index (χ0n) is 12.5. The van der Waals surface area contributed by atoms with Crippen LogP contribution in [0.3, 0.4) is 0 Å². The zero-order valence-corrected chi connectivity index (χ0v) is 16.9. The van der Waals surface area contributed by atoms with Gasteiger partial charge in [-0.1, -0.05) is 46.3 Å². The molecule has 0 N–H and O–H groups in total. The summed E-state index contributed by atoms with van der Waals surface area (Å²) in [5, 5.41) is 1.75. The number of carbonyl (C=O) groups is 1. The fourth-order valence-corrected chi connectivity index (χ4v) is 3.99. The van der Waals surface area contributed by atoms with Gasteiger partial charge in [-0.05, 0) is 34.7 Å². The Balaban J connectivity index is 0.00000169. The van der Waals surface area contributed by atoms with Crippen LogP contribution in [0.2, 0.25) is 0 Å². The predicted molar refractivity (Wildman–Crippen MR) is 88.5 cm³/mol. The summed E-state index contributed by atoms with van der Waals surface area (Å²) in [5.74, 6) is -0.276. The van der Waals surface area contributed by atoms with Crippen molar-refractivity contribution >= 4 is 42.6 Å². The number of rotatable bonds is 1. The maximum absolute atomic E-state index is 12.8. The summed E-state index contributed by atoms with van der Waals surface area (Å²) in [7, 11) is -4.61. The summed E-state index contributed by atoms with van der Waals surface area (Å²) in [4.78, 5) is 12.4. The van der Waals surface area contributed by atoms with Crippen molar-refractivity contribution in [3.8, 4) is 11.1 Å². The Bertz CT molecular complexity index is 1120. The number of hydrogen-bond donors (Lipinski definition) is 0. The first-order valence-corrected chi connectivity index (χ1v) is 8.94. The maximum atomic E-state index is 12.8. The molecular weight excluding hydrogens is 403 g/mol. The molecule has 4 rings (SSSR count). The van der Waals surface area contributed by atoms with Crippen LogP contribution in [0.1, 0.15) is 15.9 Å². The second kappa shape index (κ2) is 6.05. The van der Waals surface area contributed by atoms with Gasteiger partial charge in [-0.25, -0.2) is 8.42 Å². The van der Waals surface area contributed by atoms with E-state index in [9.17, 15) is 17.8 Å². The van der Waals surface area contributed by atoms with Gasteiger partial charge in [-0.3, -0.25) is 4.79 Å². The van der Waals surface area contributed by atoms with Crippen LogP contribution in [0.4, 0.5) is 0 Å². The summed E-state index contributed by atoms with van der Waals surface area (Å²) in [5.41, 5.74) is 2.23. The molecule has 24 heavy (non-hydrogen) atoms. The topological polar surface area (TPSA) is 74.3 Å². The molecule has 0 heterocycles. The zero-order chi connectivity index (χ0) is 16.4. The number of benzene rings is 3. The minimum Gasteiger partial charge on any atom is -0.744 e. The molecule has 1 aliphatic carbocycles. The monoisotopic (exact) mass is 410 g/mol. The summed E-state index contributed by atoms with van der Waals surface area (Å²) in [6.07, 6.45) is 0. The van der Waals surface area contributed by atoms with Crippen molar-refractivity contribution in [1.29, 1.82) is 0 Å². The maximum Gasteiger partial charge on any atom is 1.00 e. The standard InChI is InChI=1S/C17H9BrO4S.Na/c18-15-7-6-11-10-5-4-9(23(20,21)22)8-14(10)17(19)13-3-1-2-12(15)16(11)13;/h1-8H,(H,20,21,22);/q;+1/p-1. The van der Waals surface area contributed by atoms with Crippen molar-refractivity contribution in [3.63, 3.8) is 0 Å². The molecule has 0 saturated carbocycles. The molecule has 0 amide bonds. The minimum atomic E-state index is -4.61. The van der Waals surface area contributed by atoms with Crippen molar-refractivity contribution in [2.24, 2.45) is 0 Å². The molecule has 4 nitrogen and oxygen atoms in total. The Kier molecular flexibility index (Phi) is 4.49. The molecule has 0 bridgehead atoms. The Morgan fingerprint density at radius 2 is 1.58 bits per heavy atom. The van der Waals surface area contributed by atoms with Crippen LogP contribution in [0.15, 0.2) is 57.9 Å². The van der Waals surface area contributed by atoms with Gasteiger partial charge in [0.1, 0.15) is 10.1 Å². The van der Waals surface area contributed by atoms with E-state index in [1.807, 2.05) is 18.2 Å². The third-order valence-electron chi connectivity index (χ3n) is 4.05. The van der Waals surface area contributed by atoms with Crippen LogP contribution in [0.5, 0.6) is 0 Å². The average molecular weight is 411 g/mol. The van der Waals surface area contributed by atoms with E-state index in [-0.39, 0.29) is 40.9 Å². The van der Waals surface area contributed by atoms with Gasteiger partial charge in [0.2, 0.25) is 0 Å². The van der Waals surface area contributed by atoms with E-state index >= 15 is 0 Å². The van der Waals surface area contributed by atoms with Crippen LogP contribution in [0, 0.1) is 0 Å². The smallest absolute Gasteiger partial charge is 0.744 e. The van der Waals surface area contributed by atoms with E-state index in [1.165, 1.54) is 18.2 Å². The Morgan fingerprint density at radius 3 is 2.29 bits per heavy atom. The number of halogens is 1. The van der Waals surface area contributed by atoms with Crippen molar-refractivity contribution < 1.29 is 47.3 Å². The van der Waals surface area contributed by atoms with Crippen molar-refractivity contribution in [2.75, 3.05) is 0 Å². The van der Waals surface area contributed by atoms with Gasteiger partial charge in [0, 0.05) is 21.0 Å². The molecule has 3 aromatic carbocycles. The fraction of sp³-hybridized carbons (Fsp3) is 0. The molecule has 0 radical (unpaired) electrons. The third-order valence-corrected chi connectivity index (χ3v) is 5.57. The number of ketones is 1. The van der Waals surface area contributed by atoms with Gasteiger partial charge in [-0.2, -0.15) is 0 Å². The Hall–Kier alpha value is -1.02. The third kappa shape index (κ3) is 2.58. The Labute approximate surface area is 169 Å². The van der Waals surface area contributed by atoms with Gasteiger partial charge >= 0.3 is 29.6 Å². The van der Waals surface area contributed by atoms with Crippen molar-refractivity contribution in [1.82, 2.24) is 0 Å². The van der Waals surface area contributed by atoms with Gasteiger partial charge in [0.25, 0.3) is 0 Å². The summed E-state index contributed by atoms with van der Waals surface area (Å²) in [6.45, 7) is 0. The second-order valence-electron chi connectivity index (χ2n) is 5.31. The van der Waals surface area contributed by atoms with Crippen LogP contribution >= 0.6 is 15.9 Å². The molecule has 1 aliphatic rings. The quantitative estimate of drug-likeness (QED) is 0.342. The van der Waals surface area contributed by atoms with E-state index < -0.39 is 15.0 Å². The van der Waals surface area contributed by atoms with E-state index in [2.05, 4.69) is 15.9 Å². The first kappa shape index (κ1) is 17.8. The first-order chi connectivity index (χ1) is 10.9. The molecule has 0 atom stereocenters. The molecule has 0 spiro atoms. The molecule has 0 fully saturated rings. The van der Waals surface area contributed by atoms with E-state index in [4.69, 9.17) is 0 Å². The SMILES string of the molecule is O=C1c2cc(S(=O)(=O)[O-])ccc2-c2ccc(Br)c3cccc1c23.[Na+]. The molecule has 7 heteroatoms. The van der Waals surface area contributed by atoms with Crippen LogP contribution in [-0.2, 0) is 10.1 Å². The van der Waals surface area contributed by atoms with E-state index in [0.717, 1.165) is 20.8 Å². The van der Waals surface area contributed by atoms with Crippen LogP contribution < -0.4 is 29.6 Å². The largest absolute Gasteiger partial charge is 1.00 e. The van der Waals surface area contributed by atoms with Gasteiger partial charge in [-0.15, -0.1) is 0 Å². The number of hydrogen-bond acceptors (Lipinski definition) is 4. The van der Waals surface area contributed by atoms with Crippen molar-refractivity contribution in [2.45, 2.75) is 4.90 Å². The summed E-state index contributed by atoms with van der Waals surface area (Å²) < 4.78 is 34.6. The van der Waals surface area contributed by atoms with Crippen molar-refractivity contribution in [3.05, 3.63) is 64.1 Å². The van der Waals surface area contributed by atoms with Crippen LogP contribution in [-0.4, -0.2) is 18.8 Å². The Morgan fingerprint density at radius 1 is 0.875 bits per heavy atom. The van der Waals surface area contributed by atoms with E-state index in [0.29, 0.717) is 11.1 Å². The molecule has 0 aromatic heterocycles. The van der Waals surface area contributed by atoms with Gasteiger partial charge in [0.05, 0.1) is 4.90 Å². The molecule has 114 valence electrons. The minimum absolute atomic E-state index is 0. The molecule has 0 unspecified atom stereocenters. The summed E-state index contributed by atoms with van der Waals surface area (Å²) in [6, 6.07) is 13.1. The molecule has 0 saturated heterocycles. The number of carbonyl (C=O) groups excluding carboxylic acids is 1. The normalized spacial score (nSPS) is 12.7. The molecule has 0 aliphatic heterocycles. The van der Waals surface area contributed by atoms with Gasteiger partial charge in [0.15, 0.2) is 5.78 Å². The van der Waals surface area contributed by atoms with E-state index in [1.54, 1.807) is 12.1 Å². The van der Waals surface area contributed by atoms with Gasteiger partial charge < -0.3 is 4.55 Å². The number of fused-ring (bicyclic) bond motifs is 2. The predicted octanol–water partition coefficient (Wildman–Crippen LogP) is 0.722.